The lowest BCUT2D eigenvalue weighted by Gasteiger charge is -2.21. The lowest BCUT2D eigenvalue weighted by molar-refractivity contribution is 0.503. The zero-order valence-corrected chi connectivity index (χ0v) is 13.8. The second-order valence-corrected chi connectivity index (χ2v) is 8.43. The number of hydrogen-bond donors (Lipinski definition) is 1. The molecule has 0 spiro atoms. The zero-order valence-electron chi connectivity index (χ0n) is 12.2. The third-order valence-electron chi connectivity index (χ3n) is 3.75. The molecule has 0 saturated carbocycles. The van der Waals surface area contributed by atoms with Crippen molar-refractivity contribution in [3.05, 3.63) is 40.7 Å². The average Bonchev–Trinajstić information content (AvgIpc) is 2.93. The molecule has 2 aromatic rings. The van der Waals surface area contributed by atoms with E-state index in [9.17, 15) is 12.8 Å². The van der Waals surface area contributed by atoms with Crippen molar-refractivity contribution < 1.29 is 12.8 Å². The van der Waals surface area contributed by atoms with Crippen LogP contribution in [0.3, 0.4) is 0 Å². The number of fused-ring (bicyclic) bond motifs is 1. The third-order valence-corrected chi connectivity index (χ3v) is 6.33. The maximum Gasteiger partial charge on any atom is 0.211 e. The Balaban J connectivity index is 1.93. The fourth-order valence-electron chi connectivity index (χ4n) is 2.55. The van der Waals surface area contributed by atoms with Crippen LogP contribution in [0.5, 0.6) is 0 Å². The van der Waals surface area contributed by atoms with Crippen LogP contribution < -0.4 is 4.72 Å². The van der Waals surface area contributed by atoms with Crippen molar-refractivity contribution >= 4 is 21.4 Å². The molecule has 0 radical (unpaired) electrons. The van der Waals surface area contributed by atoms with Gasteiger partial charge in [-0.25, -0.2) is 22.5 Å². The number of hydrogen-bond acceptors (Lipinski definition) is 4. The number of aryl methyl sites for hydroxylation is 1. The summed E-state index contributed by atoms with van der Waals surface area (Å²) >= 11 is 1.56. The van der Waals surface area contributed by atoms with Crippen molar-refractivity contribution in [1.82, 2.24) is 9.71 Å². The van der Waals surface area contributed by atoms with Crippen LogP contribution in [0.4, 0.5) is 4.39 Å². The van der Waals surface area contributed by atoms with Crippen LogP contribution in [0.2, 0.25) is 0 Å². The SMILES string of the molecule is CCS(=O)(=O)N[C@H]1CCCc2sc(-c3ccc(F)cc3)nc21. The van der Waals surface area contributed by atoms with Crippen LogP contribution in [0, 0.1) is 5.82 Å². The highest BCUT2D eigenvalue weighted by Gasteiger charge is 2.27. The van der Waals surface area contributed by atoms with E-state index in [0.717, 1.165) is 40.4 Å². The van der Waals surface area contributed by atoms with Gasteiger partial charge in [0.2, 0.25) is 10.0 Å². The van der Waals surface area contributed by atoms with E-state index < -0.39 is 10.0 Å². The van der Waals surface area contributed by atoms with Gasteiger partial charge in [0.05, 0.1) is 17.5 Å². The molecule has 1 aliphatic rings. The topological polar surface area (TPSA) is 59.1 Å². The number of halogens is 1. The second-order valence-electron chi connectivity index (χ2n) is 5.30. The lowest BCUT2D eigenvalue weighted by atomic mass is 9.98. The van der Waals surface area contributed by atoms with E-state index in [0.29, 0.717) is 0 Å². The molecule has 1 aliphatic carbocycles. The molecule has 1 aromatic carbocycles. The largest absolute Gasteiger partial charge is 0.239 e. The normalized spacial score (nSPS) is 18.2. The summed E-state index contributed by atoms with van der Waals surface area (Å²) in [6.45, 7) is 1.62. The molecule has 0 aliphatic heterocycles. The predicted octanol–water partition coefficient (Wildman–Crippen LogP) is 3.27. The summed E-state index contributed by atoms with van der Waals surface area (Å²) in [5.74, 6) is -0.216. The van der Waals surface area contributed by atoms with E-state index in [2.05, 4.69) is 9.71 Å². The predicted molar refractivity (Wildman–Crippen MR) is 85.8 cm³/mol. The Bertz CT molecular complexity index is 769. The Hall–Kier alpha value is -1.31. The molecule has 22 heavy (non-hydrogen) atoms. The highest BCUT2D eigenvalue weighted by atomic mass is 32.2. The van der Waals surface area contributed by atoms with E-state index in [1.807, 2.05) is 0 Å². The number of aromatic nitrogens is 1. The van der Waals surface area contributed by atoms with E-state index in [4.69, 9.17) is 0 Å². The monoisotopic (exact) mass is 340 g/mol. The molecular weight excluding hydrogens is 323 g/mol. The van der Waals surface area contributed by atoms with Gasteiger partial charge in [-0.2, -0.15) is 0 Å². The maximum absolute atomic E-state index is 13.0. The Morgan fingerprint density at radius 1 is 1.36 bits per heavy atom. The van der Waals surface area contributed by atoms with Crippen molar-refractivity contribution in [3.8, 4) is 10.6 Å². The van der Waals surface area contributed by atoms with Crippen LogP contribution in [0.1, 0.15) is 36.4 Å². The third kappa shape index (κ3) is 3.21. The number of nitrogens with zero attached hydrogens (tertiary/aromatic N) is 1. The van der Waals surface area contributed by atoms with Gasteiger partial charge in [-0.3, -0.25) is 0 Å². The van der Waals surface area contributed by atoms with Gasteiger partial charge in [-0.15, -0.1) is 11.3 Å². The Morgan fingerprint density at radius 3 is 2.77 bits per heavy atom. The molecule has 0 bridgehead atoms. The minimum absolute atomic E-state index is 0.0633. The van der Waals surface area contributed by atoms with Crippen molar-refractivity contribution in [1.29, 1.82) is 0 Å². The van der Waals surface area contributed by atoms with Crippen molar-refractivity contribution in [2.45, 2.75) is 32.2 Å². The standard InChI is InChI=1S/C15H17FN2O2S2/c1-2-22(19,20)18-12-4-3-5-13-14(12)17-15(21-13)10-6-8-11(16)9-7-10/h6-9,12,18H,2-5H2,1H3/t12-/m0/s1. The molecule has 1 atom stereocenters. The molecule has 7 heteroatoms. The van der Waals surface area contributed by atoms with E-state index in [1.54, 1.807) is 30.4 Å². The molecule has 1 heterocycles. The van der Waals surface area contributed by atoms with Crippen LogP contribution >= 0.6 is 11.3 Å². The van der Waals surface area contributed by atoms with Gasteiger partial charge < -0.3 is 0 Å². The fraction of sp³-hybridized carbons (Fsp3) is 0.400. The summed E-state index contributed by atoms with van der Waals surface area (Å²) in [6.07, 6.45) is 2.62. The Morgan fingerprint density at radius 2 is 2.09 bits per heavy atom. The summed E-state index contributed by atoms with van der Waals surface area (Å²) < 4.78 is 39.4. The first-order valence-electron chi connectivity index (χ1n) is 7.24. The van der Waals surface area contributed by atoms with Gasteiger partial charge in [0.15, 0.2) is 0 Å². The molecule has 3 rings (SSSR count). The van der Waals surface area contributed by atoms with Crippen molar-refractivity contribution in [2.24, 2.45) is 0 Å². The highest BCUT2D eigenvalue weighted by molar-refractivity contribution is 7.89. The van der Waals surface area contributed by atoms with Gasteiger partial charge in [-0.1, -0.05) is 0 Å². The first-order valence-corrected chi connectivity index (χ1v) is 9.71. The van der Waals surface area contributed by atoms with E-state index >= 15 is 0 Å². The number of rotatable bonds is 4. The number of nitrogens with one attached hydrogen (secondary N) is 1. The molecule has 1 N–H and O–H groups in total. The molecule has 1 aromatic heterocycles. The van der Waals surface area contributed by atoms with Crippen LogP contribution in [0.25, 0.3) is 10.6 Å². The summed E-state index contributed by atoms with van der Waals surface area (Å²) in [7, 11) is -3.26. The molecule has 4 nitrogen and oxygen atoms in total. The van der Waals surface area contributed by atoms with E-state index in [1.165, 1.54) is 12.1 Å². The minimum atomic E-state index is -3.26. The van der Waals surface area contributed by atoms with Gasteiger partial charge in [0, 0.05) is 10.4 Å². The van der Waals surface area contributed by atoms with Crippen LogP contribution in [0.15, 0.2) is 24.3 Å². The molecule has 118 valence electrons. The Kier molecular flexibility index (Phi) is 4.29. The summed E-state index contributed by atoms with van der Waals surface area (Å²) in [4.78, 5) is 5.74. The van der Waals surface area contributed by atoms with Crippen LogP contribution in [-0.4, -0.2) is 19.2 Å². The van der Waals surface area contributed by atoms with Gasteiger partial charge in [0.1, 0.15) is 10.8 Å². The zero-order chi connectivity index (χ0) is 15.7. The van der Waals surface area contributed by atoms with Crippen LogP contribution in [-0.2, 0) is 16.4 Å². The molecule has 0 saturated heterocycles. The fourth-order valence-corrected chi connectivity index (χ4v) is 4.55. The first kappa shape index (κ1) is 15.6. The van der Waals surface area contributed by atoms with Gasteiger partial charge in [0.25, 0.3) is 0 Å². The Labute approximate surface area is 133 Å². The van der Waals surface area contributed by atoms with Crippen molar-refractivity contribution in [3.63, 3.8) is 0 Å². The average molecular weight is 340 g/mol. The van der Waals surface area contributed by atoms with E-state index in [-0.39, 0.29) is 17.6 Å². The molecule has 0 amide bonds. The second kappa shape index (κ2) is 6.06. The molecule has 0 unspecified atom stereocenters. The van der Waals surface area contributed by atoms with Gasteiger partial charge >= 0.3 is 0 Å². The molecule has 0 fully saturated rings. The smallest absolute Gasteiger partial charge is 0.211 e. The summed E-state index contributed by atoms with van der Waals surface area (Å²) in [6, 6.07) is 5.97. The van der Waals surface area contributed by atoms with Crippen molar-refractivity contribution in [2.75, 3.05) is 5.75 Å². The summed E-state index contributed by atoms with van der Waals surface area (Å²) in [5.41, 5.74) is 1.69. The quantitative estimate of drug-likeness (QED) is 0.929. The number of sulfonamides is 1. The lowest BCUT2D eigenvalue weighted by Crippen LogP contribution is -2.32. The minimum Gasteiger partial charge on any atom is -0.239 e. The first-order chi connectivity index (χ1) is 10.5. The van der Waals surface area contributed by atoms with Gasteiger partial charge in [-0.05, 0) is 50.5 Å². The maximum atomic E-state index is 13.0. The highest BCUT2D eigenvalue weighted by Crippen LogP contribution is 2.37. The number of benzene rings is 1. The molecular formula is C15H17FN2O2S2. The summed E-state index contributed by atoms with van der Waals surface area (Å²) in [5, 5.41) is 0.813. The number of thiazole rings is 1.